The molecule has 1 heterocycles. The van der Waals surface area contributed by atoms with Crippen molar-refractivity contribution in [2.75, 3.05) is 13.7 Å². The van der Waals surface area contributed by atoms with Gasteiger partial charge >= 0.3 is 5.97 Å². The van der Waals surface area contributed by atoms with E-state index in [9.17, 15) is 4.79 Å². The number of carbonyl (C=O) groups is 1. The third-order valence-corrected chi connectivity index (χ3v) is 2.78. The van der Waals surface area contributed by atoms with E-state index in [4.69, 9.17) is 4.74 Å². The van der Waals surface area contributed by atoms with Crippen LogP contribution in [0.1, 0.15) is 18.7 Å². The van der Waals surface area contributed by atoms with Crippen molar-refractivity contribution in [3.05, 3.63) is 42.1 Å². The molecule has 0 aliphatic carbocycles. The minimum atomic E-state index is -0.281. The summed E-state index contributed by atoms with van der Waals surface area (Å²) < 4.78 is 5.02. The molecule has 2 aromatic rings. The second-order valence-corrected chi connectivity index (χ2v) is 4.07. The average molecular weight is 244 g/mol. The van der Waals surface area contributed by atoms with Crippen molar-refractivity contribution >= 4 is 16.9 Å². The smallest absolute Gasteiger partial charge is 0.302 e. The van der Waals surface area contributed by atoms with E-state index in [1.165, 1.54) is 6.92 Å². The highest BCUT2D eigenvalue weighted by Crippen LogP contribution is 2.16. The molecule has 1 atom stereocenters. The zero-order chi connectivity index (χ0) is 13.0. The molecule has 4 heteroatoms. The minimum Gasteiger partial charge on any atom is -0.464 e. The Morgan fingerprint density at radius 1 is 1.33 bits per heavy atom. The summed E-state index contributed by atoms with van der Waals surface area (Å²) in [6, 6.07) is 11.8. The Kier molecular flexibility index (Phi) is 3.89. The lowest BCUT2D eigenvalue weighted by Gasteiger charge is -2.15. The van der Waals surface area contributed by atoms with Gasteiger partial charge < -0.3 is 10.1 Å². The lowest BCUT2D eigenvalue weighted by molar-refractivity contribution is -0.141. The maximum atomic E-state index is 10.8. The lowest BCUT2D eigenvalue weighted by Crippen LogP contribution is -2.23. The van der Waals surface area contributed by atoms with Crippen LogP contribution in [-0.2, 0) is 9.53 Å². The van der Waals surface area contributed by atoms with Crippen molar-refractivity contribution in [3.63, 3.8) is 0 Å². The largest absolute Gasteiger partial charge is 0.464 e. The van der Waals surface area contributed by atoms with Crippen molar-refractivity contribution in [1.29, 1.82) is 0 Å². The van der Waals surface area contributed by atoms with E-state index in [0.29, 0.717) is 0 Å². The minimum absolute atomic E-state index is 0.0847. The van der Waals surface area contributed by atoms with Crippen LogP contribution in [0.25, 0.3) is 10.9 Å². The van der Waals surface area contributed by atoms with Crippen LogP contribution in [0.5, 0.6) is 0 Å². The summed E-state index contributed by atoms with van der Waals surface area (Å²) in [5, 5.41) is 4.20. The number of hydrogen-bond donors (Lipinski definition) is 1. The first kappa shape index (κ1) is 12.5. The van der Waals surface area contributed by atoms with Gasteiger partial charge in [-0.2, -0.15) is 0 Å². The molecule has 0 radical (unpaired) electrons. The van der Waals surface area contributed by atoms with Crippen LogP contribution in [-0.4, -0.2) is 24.6 Å². The summed E-state index contributed by atoms with van der Waals surface area (Å²) in [6.45, 7) is 1.69. The molecule has 1 N–H and O–H groups in total. The number of rotatable bonds is 4. The van der Waals surface area contributed by atoms with Gasteiger partial charge in [-0.1, -0.05) is 24.3 Å². The van der Waals surface area contributed by atoms with E-state index >= 15 is 0 Å². The Bertz CT molecular complexity index is 554. The highest BCUT2D eigenvalue weighted by molar-refractivity contribution is 5.78. The van der Waals surface area contributed by atoms with Gasteiger partial charge in [0.2, 0.25) is 0 Å². The molecule has 0 amide bonds. The maximum absolute atomic E-state index is 10.8. The van der Waals surface area contributed by atoms with E-state index in [2.05, 4.69) is 10.3 Å². The van der Waals surface area contributed by atoms with E-state index in [0.717, 1.165) is 16.6 Å². The van der Waals surface area contributed by atoms with Gasteiger partial charge in [0, 0.05) is 12.3 Å². The topological polar surface area (TPSA) is 51.2 Å². The summed E-state index contributed by atoms with van der Waals surface area (Å²) in [7, 11) is 1.82. The average Bonchev–Trinajstić information content (AvgIpc) is 2.39. The number of ether oxygens (including phenoxy) is 1. The number of para-hydroxylation sites is 1. The normalized spacial score (nSPS) is 12.3. The molecule has 18 heavy (non-hydrogen) atoms. The van der Waals surface area contributed by atoms with Gasteiger partial charge in [-0.05, 0) is 19.2 Å². The maximum Gasteiger partial charge on any atom is 0.302 e. The third-order valence-electron chi connectivity index (χ3n) is 2.78. The van der Waals surface area contributed by atoms with Crippen LogP contribution in [0.15, 0.2) is 36.4 Å². The molecule has 0 fully saturated rings. The molecule has 0 bridgehead atoms. The van der Waals surface area contributed by atoms with E-state index in [1.807, 2.05) is 43.4 Å². The van der Waals surface area contributed by atoms with E-state index < -0.39 is 0 Å². The van der Waals surface area contributed by atoms with Crippen LogP contribution in [0, 0.1) is 0 Å². The van der Waals surface area contributed by atoms with Crippen molar-refractivity contribution in [2.24, 2.45) is 0 Å². The Labute approximate surface area is 106 Å². The molecule has 0 spiro atoms. The number of fused-ring (bicyclic) bond motifs is 1. The summed E-state index contributed by atoms with van der Waals surface area (Å²) in [5.74, 6) is -0.281. The molecule has 0 aliphatic heterocycles. The summed E-state index contributed by atoms with van der Waals surface area (Å²) in [4.78, 5) is 15.4. The first-order valence-electron chi connectivity index (χ1n) is 5.87. The van der Waals surface area contributed by atoms with Gasteiger partial charge in [0.25, 0.3) is 0 Å². The summed E-state index contributed by atoms with van der Waals surface area (Å²) in [5.41, 5.74) is 1.82. The monoisotopic (exact) mass is 244 g/mol. The summed E-state index contributed by atoms with van der Waals surface area (Å²) in [6.07, 6.45) is 0. The Morgan fingerprint density at radius 2 is 2.11 bits per heavy atom. The zero-order valence-corrected chi connectivity index (χ0v) is 10.5. The van der Waals surface area contributed by atoms with Crippen LogP contribution in [0.2, 0.25) is 0 Å². The van der Waals surface area contributed by atoms with E-state index in [-0.39, 0.29) is 18.6 Å². The molecular weight excluding hydrogens is 228 g/mol. The van der Waals surface area contributed by atoms with Crippen LogP contribution in [0.4, 0.5) is 0 Å². The zero-order valence-electron chi connectivity index (χ0n) is 10.5. The number of aromatic nitrogens is 1. The fourth-order valence-electron chi connectivity index (χ4n) is 1.79. The highest BCUT2D eigenvalue weighted by Gasteiger charge is 2.12. The number of esters is 1. The number of carbonyl (C=O) groups excluding carboxylic acids is 1. The van der Waals surface area contributed by atoms with Gasteiger partial charge in [-0.25, -0.2) is 0 Å². The second kappa shape index (κ2) is 5.60. The van der Waals surface area contributed by atoms with Crippen LogP contribution >= 0.6 is 0 Å². The standard InChI is InChI=1S/C14H16N2O2/c1-10(17)18-9-14(15-2)13-8-7-11-5-3-4-6-12(11)16-13/h3-8,14-15H,9H2,1-2H3. The Balaban J connectivity index is 2.24. The van der Waals surface area contributed by atoms with Crippen LogP contribution in [0.3, 0.4) is 0 Å². The molecule has 1 aromatic heterocycles. The van der Waals surface area contributed by atoms with Gasteiger partial charge in [-0.15, -0.1) is 0 Å². The number of likely N-dealkylation sites (N-methyl/N-ethyl adjacent to an activating group) is 1. The molecule has 1 aromatic carbocycles. The first-order valence-corrected chi connectivity index (χ1v) is 5.87. The van der Waals surface area contributed by atoms with Crippen molar-refractivity contribution in [1.82, 2.24) is 10.3 Å². The van der Waals surface area contributed by atoms with Gasteiger partial charge in [0.15, 0.2) is 0 Å². The molecule has 0 aliphatic rings. The molecule has 0 saturated carbocycles. The Morgan fingerprint density at radius 3 is 2.83 bits per heavy atom. The fourth-order valence-corrected chi connectivity index (χ4v) is 1.79. The number of nitrogens with one attached hydrogen (secondary N) is 1. The Hall–Kier alpha value is -1.94. The lowest BCUT2D eigenvalue weighted by atomic mass is 10.1. The van der Waals surface area contributed by atoms with E-state index in [1.54, 1.807) is 0 Å². The predicted molar refractivity (Wildman–Crippen MR) is 70.2 cm³/mol. The molecule has 4 nitrogen and oxygen atoms in total. The SMILES string of the molecule is CNC(COC(C)=O)c1ccc2ccccc2n1. The fraction of sp³-hybridized carbons (Fsp3) is 0.286. The molecule has 94 valence electrons. The molecular formula is C14H16N2O2. The number of pyridine rings is 1. The first-order chi connectivity index (χ1) is 8.70. The molecule has 0 saturated heterocycles. The highest BCUT2D eigenvalue weighted by atomic mass is 16.5. The second-order valence-electron chi connectivity index (χ2n) is 4.07. The molecule has 2 rings (SSSR count). The number of hydrogen-bond acceptors (Lipinski definition) is 4. The number of benzene rings is 1. The predicted octanol–water partition coefficient (Wildman–Crippen LogP) is 2.06. The third kappa shape index (κ3) is 2.84. The van der Waals surface area contributed by atoms with Gasteiger partial charge in [0.1, 0.15) is 6.61 Å². The summed E-state index contributed by atoms with van der Waals surface area (Å²) >= 11 is 0. The van der Waals surface area contributed by atoms with Crippen molar-refractivity contribution in [2.45, 2.75) is 13.0 Å². The van der Waals surface area contributed by atoms with Gasteiger partial charge in [0.05, 0.1) is 17.3 Å². The molecule has 1 unspecified atom stereocenters. The van der Waals surface area contributed by atoms with Crippen molar-refractivity contribution < 1.29 is 9.53 Å². The quantitative estimate of drug-likeness (QED) is 0.836. The van der Waals surface area contributed by atoms with Gasteiger partial charge in [-0.3, -0.25) is 9.78 Å². The number of nitrogens with zero attached hydrogens (tertiary/aromatic N) is 1. The van der Waals surface area contributed by atoms with Crippen molar-refractivity contribution in [3.8, 4) is 0 Å². The van der Waals surface area contributed by atoms with Crippen LogP contribution < -0.4 is 5.32 Å².